The fourth-order valence-electron chi connectivity index (χ4n) is 2.61. The molecule has 0 fully saturated rings. The first-order valence-electron chi connectivity index (χ1n) is 8.54. The van der Waals surface area contributed by atoms with Crippen LogP contribution < -0.4 is 16.4 Å². The summed E-state index contributed by atoms with van der Waals surface area (Å²) in [6, 6.07) is 4.10. The molecule has 0 aliphatic heterocycles. The number of aromatic nitrogens is 3. The average molecular weight is 375 g/mol. The zero-order chi connectivity index (χ0) is 19.4. The third-order valence-electron chi connectivity index (χ3n) is 3.97. The number of rotatable bonds is 7. The molecule has 1 aromatic carbocycles. The fraction of sp³-hybridized carbons (Fsp3) is 0.412. The summed E-state index contributed by atoms with van der Waals surface area (Å²) in [5, 5.41) is 9.24. The summed E-state index contributed by atoms with van der Waals surface area (Å²) in [6.45, 7) is 4.58. The molecule has 144 valence electrons. The van der Waals surface area contributed by atoms with Gasteiger partial charge >= 0.3 is 11.8 Å². The number of amides is 2. The number of methoxy groups -OCH3 is 1. The third kappa shape index (κ3) is 4.17. The molecule has 2 aromatic heterocycles. The van der Waals surface area contributed by atoms with Crippen LogP contribution in [0.1, 0.15) is 31.6 Å². The number of anilines is 1. The lowest BCUT2D eigenvalue weighted by Crippen LogP contribution is -2.31. The van der Waals surface area contributed by atoms with Crippen molar-refractivity contribution in [3.8, 4) is 0 Å². The van der Waals surface area contributed by atoms with Crippen LogP contribution in [-0.2, 0) is 17.7 Å². The lowest BCUT2D eigenvalue weighted by atomic mass is 10.3. The molecule has 2 heterocycles. The van der Waals surface area contributed by atoms with Gasteiger partial charge in [-0.15, -0.1) is 0 Å². The first-order chi connectivity index (χ1) is 13.0. The Labute approximate surface area is 154 Å². The molecule has 2 amide bonds. The Morgan fingerprint density at radius 3 is 2.96 bits per heavy atom. The summed E-state index contributed by atoms with van der Waals surface area (Å²) < 4.78 is 16.8. The quantitative estimate of drug-likeness (QED) is 0.647. The van der Waals surface area contributed by atoms with Crippen LogP contribution in [0.2, 0.25) is 0 Å². The molecule has 10 heteroatoms. The molecule has 27 heavy (non-hydrogen) atoms. The van der Waals surface area contributed by atoms with Gasteiger partial charge < -0.3 is 24.3 Å². The zero-order valence-corrected chi connectivity index (χ0v) is 15.3. The Bertz CT molecular complexity index is 989. The van der Waals surface area contributed by atoms with E-state index in [-0.39, 0.29) is 0 Å². The van der Waals surface area contributed by atoms with E-state index in [4.69, 9.17) is 13.7 Å². The number of urea groups is 1. The zero-order valence-electron chi connectivity index (χ0n) is 15.3. The second-order valence-corrected chi connectivity index (χ2v) is 5.91. The van der Waals surface area contributed by atoms with E-state index >= 15 is 0 Å². The monoisotopic (exact) mass is 375 g/mol. The van der Waals surface area contributed by atoms with Gasteiger partial charge in [0.05, 0.1) is 12.1 Å². The molecule has 2 N–H and O–H groups in total. The van der Waals surface area contributed by atoms with Crippen molar-refractivity contribution in [2.75, 3.05) is 19.0 Å². The van der Waals surface area contributed by atoms with Gasteiger partial charge in [0.1, 0.15) is 6.04 Å². The number of nitrogens with zero attached hydrogens (tertiary/aromatic N) is 3. The van der Waals surface area contributed by atoms with E-state index in [1.165, 1.54) is 4.57 Å². The Balaban J connectivity index is 1.64. The van der Waals surface area contributed by atoms with Crippen molar-refractivity contribution in [1.29, 1.82) is 0 Å². The number of oxazole rings is 1. The minimum Gasteiger partial charge on any atom is -0.408 e. The first kappa shape index (κ1) is 18.6. The van der Waals surface area contributed by atoms with E-state index in [2.05, 4.69) is 20.8 Å². The molecule has 1 atom stereocenters. The Kier molecular flexibility index (Phi) is 5.55. The van der Waals surface area contributed by atoms with Gasteiger partial charge in [0, 0.05) is 31.8 Å². The minimum atomic E-state index is -0.475. The van der Waals surface area contributed by atoms with Gasteiger partial charge in [0.2, 0.25) is 5.89 Å². The van der Waals surface area contributed by atoms with E-state index in [1.807, 2.05) is 6.92 Å². The Morgan fingerprint density at radius 2 is 2.22 bits per heavy atom. The summed E-state index contributed by atoms with van der Waals surface area (Å²) in [4.78, 5) is 28.2. The van der Waals surface area contributed by atoms with Gasteiger partial charge in [-0.25, -0.2) is 9.59 Å². The van der Waals surface area contributed by atoms with E-state index in [1.54, 1.807) is 32.2 Å². The Morgan fingerprint density at radius 1 is 1.41 bits per heavy atom. The predicted molar refractivity (Wildman–Crippen MR) is 96.6 cm³/mol. The minimum absolute atomic E-state index is 0.303. The van der Waals surface area contributed by atoms with Gasteiger partial charge in [-0.2, -0.15) is 4.98 Å². The van der Waals surface area contributed by atoms with Crippen LogP contribution in [-0.4, -0.2) is 34.5 Å². The van der Waals surface area contributed by atoms with Crippen LogP contribution in [0.4, 0.5) is 10.5 Å². The maximum atomic E-state index is 12.2. The summed E-state index contributed by atoms with van der Waals surface area (Å²) in [5.74, 6) is 0.392. The lowest BCUT2D eigenvalue weighted by Gasteiger charge is -2.11. The van der Waals surface area contributed by atoms with Gasteiger partial charge in [0.25, 0.3) is 0 Å². The number of ether oxygens (including phenoxy) is 1. The molecule has 0 aliphatic rings. The lowest BCUT2D eigenvalue weighted by molar-refractivity contribution is 0.199. The van der Waals surface area contributed by atoms with E-state index in [0.717, 1.165) is 0 Å². The average Bonchev–Trinajstić information content (AvgIpc) is 3.22. The number of carbonyl (C=O) groups is 1. The molecule has 0 saturated heterocycles. The third-order valence-corrected chi connectivity index (χ3v) is 3.97. The second-order valence-electron chi connectivity index (χ2n) is 5.91. The maximum Gasteiger partial charge on any atom is 0.419 e. The van der Waals surface area contributed by atoms with Crippen LogP contribution in [0.15, 0.2) is 31.9 Å². The van der Waals surface area contributed by atoms with E-state index < -0.39 is 17.8 Å². The van der Waals surface area contributed by atoms with Crippen molar-refractivity contribution in [1.82, 2.24) is 20.0 Å². The molecule has 0 bridgehead atoms. The topological polar surface area (TPSA) is 124 Å². The van der Waals surface area contributed by atoms with Crippen LogP contribution in [0, 0.1) is 0 Å². The molecular weight excluding hydrogens is 354 g/mol. The molecule has 3 rings (SSSR count). The van der Waals surface area contributed by atoms with Gasteiger partial charge in [-0.05, 0) is 26.0 Å². The molecule has 0 aliphatic carbocycles. The van der Waals surface area contributed by atoms with Crippen molar-refractivity contribution < 1.29 is 18.5 Å². The van der Waals surface area contributed by atoms with E-state index in [9.17, 15) is 9.59 Å². The van der Waals surface area contributed by atoms with Crippen LogP contribution in [0.5, 0.6) is 0 Å². The van der Waals surface area contributed by atoms with Crippen LogP contribution in [0.25, 0.3) is 11.1 Å². The highest BCUT2D eigenvalue weighted by atomic mass is 16.5. The summed E-state index contributed by atoms with van der Waals surface area (Å²) in [6.07, 6.45) is 0.529. The molecule has 0 unspecified atom stereocenters. The number of hydrogen-bond donors (Lipinski definition) is 2. The highest BCUT2D eigenvalue weighted by molar-refractivity contribution is 5.91. The number of carbonyl (C=O) groups excluding carboxylic acids is 1. The number of aryl methyl sites for hydroxylation is 1. The number of benzene rings is 1. The molecule has 0 radical (unpaired) electrons. The number of nitrogens with one attached hydrogen (secondary N) is 2. The molecule has 10 nitrogen and oxygen atoms in total. The standard InChI is InChI=1S/C17H21N5O5/c1-4-22-12-6-5-11(9-13(12)26-17(22)24)19-16(23)18-10(2)15-20-14(21-27-15)7-8-25-3/h5-6,9-10H,4,7-8H2,1-3H3,(H2,18,19,23)/t10-/m0/s1. The molecule has 0 saturated carbocycles. The first-order valence-corrected chi connectivity index (χ1v) is 8.54. The van der Waals surface area contributed by atoms with Gasteiger partial charge in [-0.3, -0.25) is 4.57 Å². The van der Waals surface area contributed by atoms with Crippen molar-refractivity contribution in [2.24, 2.45) is 0 Å². The molecule has 0 spiro atoms. The fourth-order valence-corrected chi connectivity index (χ4v) is 2.61. The molecule has 3 aromatic rings. The predicted octanol–water partition coefficient (Wildman–Crippen LogP) is 2.07. The van der Waals surface area contributed by atoms with Crippen LogP contribution in [0.3, 0.4) is 0 Å². The Hall–Kier alpha value is -3.14. The smallest absolute Gasteiger partial charge is 0.408 e. The maximum absolute atomic E-state index is 12.2. The van der Waals surface area contributed by atoms with Crippen molar-refractivity contribution >= 4 is 22.8 Å². The van der Waals surface area contributed by atoms with Crippen LogP contribution >= 0.6 is 0 Å². The van der Waals surface area contributed by atoms with Gasteiger partial charge in [0.15, 0.2) is 11.4 Å². The summed E-state index contributed by atoms with van der Waals surface area (Å²) in [5.41, 5.74) is 1.58. The van der Waals surface area contributed by atoms with Crippen molar-refractivity contribution in [2.45, 2.75) is 32.9 Å². The molecular formula is C17H21N5O5. The van der Waals surface area contributed by atoms with Crippen molar-refractivity contribution in [3.63, 3.8) is 0 Å². The van der Waals surface area contributed by atoms with Crippen molar-refractivity contribution in [3.05, 3.63) is 40.5 Å². The summed E-state index contributed by atoms with van der Waals surface area (Å²) in [7, 11) is 1.59. The highest BCUT2D eigenvalue weighted by Gasteiger charge is 2.17. The second kappa shape index (κ2) is 8.04. The van der Waals surface area contributed by atoms with Gasteiger partial charge in [-0.1, -0.05) is 5.16 Å². The summed E-state index contributed by atoms with van der Waals surface area (Å²) >= 11 is 0. The SMILES string of the molecule is CCn1c(=O)oc2cc(NC(=O)N[C@@H](C)c3nc(CCOC)no3)ccc21. The highest BCUT2D eigenvalue weighted by Crippen LogP contribution is 2.19. The van der Waals surface area contributed by atoms with E-state index in [0.29, 0.717) is 48.1 Å². The number of fused-ring (bicyclic) bond motifs is 1. The normalized spacial score (nSPS) is 12.3. The largest absolute Gasteiger partial charge is 0.419 e. The number of hydrogen-bond acceptors (Lipinski definition) is 7.